The Labute approximate surface area is 116 Å². The number of hydrogen-bond acceptors (Lipinski definition) is 5. The largest absolute Gasteiger partial charge is 0.493 e. The predicted octanol–water partition coefficient (Wildman–Crippen LogP) is 3.24. The monoisotopic (exact) mass is 277 g/mol. The summed E-state index contributed by atoms with van der Waals surface area (Å²) in [4.78, 5) is 15.6. The van der Waals surface area contributed by atoms with Gasteiger partial charge in [-0.25, -0.2) is 4.98 Å². The van der Waals surface area contributed by atoms with Gasteiger partial charge in [0.1, 0.15) is 6.61 Å². The van der Waals surface area contributed by atoms with E-state index in [9.17, 15) is 4.79 Å². The number of aromatic nitrogens is 1. The highest BCUT2D eigenvalue weighted by Crippen LogP contribution is 2.29. The van der Waals surface area contributed by atoms with Gasteiger partial charge in [-0.1, -0.05) is 0 Å². The quantitative estimate of drug-likeness (QED) is 0.787. The van der Waals surface area contributed by atoms with Gasteiger partial charge in [-0.15, -0.1) is 11.3 Å². The van der Waals surface area contributed by atoms with Crippen LogP contribution >= 0.6 is 11.3 Å². The second kappa shape index (κ2) is 5.84. The highest BCUT2D eigenvalue weighted by molar-refractivity contribution is 7.09. The van der Waals surface area contributed by atoms with Crippen molar-refractivity contribution in [2.45, 2.75) is 20.5 Å². The van der Waals surface area contributed by atoms with Crippen LogP contribution < -0.4 is 9.47 Å². The molecule has 0 amide bonds. The van der Waals surface area contributed by atoms with Crippen molar-refractivity contribution < 1.29 is 14.3 Å². The average Bonchev–Trinajstić information content (AvgIpc) is 2.81. The number of thiazole rings is 1. The second-order valence-corrected chi connectivity index (χ2v) is 5.13. The molecule has 19 heavy (non-hydrogen) atoms. The van der Waals surface area contributed by atoms with Crippen LogP contribution in [0.25, 0.3) is 0 Å². The van der Waals surface area contributed by atoms with Crippen LogP contribution in [-0.4, -0.2) is 17.9 Å². The lowest BCUT2D eigenvalue weighted by atomic mass is 10.1. The molecule has 0 radical (unpaired) electrons. The molecule has 2 aromatic rings. The van der Waals surface area contributed by atoms with Crippen molar-refractivity contribution >= 4 is 17.1 Å². The molecule has 0 bridgehead atoms. The molecule has 100 valence electrons. The van der Waals surface area contributed by atoms with Gasteiger partial charge in [-0.05, 0) is 32.0 Å². The molecule has 0 aliphatic heterocycles. The first kappa shape index (κ1) is 13.5. The van der Waals surface area contributed by atoms with E-state index in [0.717, 1.165) is 10.7 Å². The molecule has 4 nitrogen and oxygen atoms in total. The van der Waals surface area contributed by atoms with E-state index in [-0.39, 0.29) is 5.78 Å². The zero-order valence-electron chi connectivity index (χ0n) is 11.1. The van der Waals surface area contributed by atoms with Crippen LogP contribution in [0.4, 0.5) is 0 Å². The number of methoxy groups -OCH3 is 1. The molecule has 0 aliphatic rings. The smallest absolute Gasteiger partial charge is 0.161 e. The summed E-state index contributed by atoms with van der Waals surface area (Å²) >= 11 is 1.59. The molecule has 2 rings (SSSR count). The number of ether oxygens (including phenoxy) is 2. The molecule has 0 atom stereocenters. The van der Waals surface area contributed by atoms with Gasteiger partial charge < -0.3 is 9.47 Å². The van der Waals surface area contributed by atoms with Gasteiger partial charge >= 0.3 is 0 Å². The Morgan fingerprint density at radius 2 is 2.16 bits per heavy atom. The topological polar surface area (TPSA) is 48.4 Å². The maximum atomic E-state index is 11.3. The Morgan fingerprint density at radius 3 is 2.74 bits per heavy atom. The molecule has 0 saturated heterocycles. The fourth-order valence-corrected chi connectivity index (χ4v) is 2.23. The average molecular weight is 277 g/mol. The van der Waals surface area contributed by atoms with Crippen molar-refractivity contribution in [1.82, 2.24) is 4.98 Å². The van der Waals surface area contributed by atoms with E-state index in [1.807, 2.05) is 12.3 Å². The number of ketones is 1. The molecule has 0 saturated carbocycles. The molecule has 1 aromatic carbocycles. The van der Waals surface area contributed by atoms with Gasteiger partial charge in [0.25, 0.3) is 0 Å². The standard InChI is InChI=1S/C14H15NO3S/c1-9(16)11-4-5-13(14(6-11)17-3)18-7-12-8-19-10(2)15-12/h4-6,8H,7H2,1-3H3. The van der Waals surface area contributed by atoms with E-state index in [0.29, 0.717) is 23.7 Å². The Kier molecular flexibility index (Phi) is 4.16. The Balaban J connectivity index is 2.13. The first-order valence-electron chi connectivity index (χ1n) is 5.83. The summed E-state index contributed by atoms with van der Waals surface area (Å²) in [6.07, 6.45) is 0. The number of rotatable bonds is 5. The van der Waals surface area contributed by atoms with Gasteiger partial charge in [0.2, 0.25) is 0 Å². The van der Waals surface area contributed by atoms with Gasteiger partial charge in [0.05, 0.1) is 17.8 Å². The fourth-order valence-electron chi connectivity index (χ4n) is 1.63. The highest BCUT2D eigenvalue weighted by Gasteiger charge is 2.09. The van der Waals surface area contributed by atoms with Crippen LogP contribution in [0.15, 0.2) is 23.6 Å². The van der Waals surface area contributed by atoms with Crippen LogP contribution in [0.1, 0.15) is 28.0 Å². The third-order valence-corrected chi connectivity index (χ3v) is 3.43. The second-order valence-electron chi connectivity index (χ2n) is 4.07. The molecule has 1 heterocycles. The lowest BCUT2D eigenvalue weighted by molar-refractivity contribution is 0.101. The van der Waals surface area contributed by atoms with E-state index >= 15 is 0 Å². The van der Waals surface area contributed by atoms with Gasteiger partial charge in [0, 0.05) is 10.9 Å². The predicted molar refractivity (Wildman–Crippen MR) is 74.2 cm³/mol. The number of benzene rings is 1. The third kappa shape index (κ3) is 3.32. The molecule has 0 N–H and O–H groups in total. The minimum atomic E-state index is -0.0000222. The van der Waals surface area contributed by atoms with Gasteiger partial charge in [0.15, 0.2) is 17.3 Å². The van der Waals surface area contributed by atoms with Crippen molar-refractivity contribution in [3.05, 3.63) is 39.8 Å². The zero-order valence-corrected chi connectivity index (χ0v) is 11.9. The number of hydrogen-bond donors (Lipinski definition) is 0. The van der Waals surface area contributed by atoms with Gasteiger partial charge in [-0.2, -0.15) is 0 Å². The normalized spacial score (nSPS) is 10.3. The Hall–Kier alpha value is -1.88. The molecule has 1 aromatic heterocycles. The first-order chi connectivity index (χ1) is 9.10. The van der Waals surface area contributed by atoms with Crippen molar-refractivity contribution in [2.75, 3.05) is 7.11 Å². The molecular weight excluding hydrogens is 262 g/mol. The van der Waals surface area contributed by atoms with E-state index in [4.69, 9.17) is 9.47 Å². The lowest BCUT2D eigenvalue weighted by Gasteiger charge is -2.10. The summed E-state index contributed by atoms with van der Waals surface area (Å²) in [5.41, 5.74) is 1.49. The first-order valence-corrected chi connectivity index (χ1v) is 6.71. The summed E-state index contributed by atoms with van der Waals surface area (Å²) in [6, 6.07) is 5.16. The van der Waals surface area contributed by atoms with Crippen molar-refractivity contribution in [3.63, 3.8) is 0 Å². The van der Waals surface area contributed by atoms with E-state index < -0.39 is 0 Å². The maximum absolute atomic E-state index is 11.3. The van der Waals surface area contributed by atoms with Crippen molar-refractivity contribution in [3.8, 4) is 11.5 Å². The number of aryl methyl sites for hydroxylation is 1. The van der Waals surface area contributed by atoms with Crippen LogP contribution in [0.2, 0.25) is 0 Å². The van der Waals surface area contributed by atoms with Gasteiger partial charge in [-0.3, -0.25) is 4.79 Å². The molecule has 0 fully saturated rings. The van der Waals surface area contributed by atoms with Crippen LogP contribution in [-0.2, 0) is 6.61 Å². The third-order valence-electron chi connectivity index (χ3n) is 2.61. The number of carbonyl (C=O) groups is 1. The van der Waals surface area contributed by atoms with Crippen LogP contribution in [0, 0.1) is 6.92 Å². The van der Waals surface area contributed by atoms with E-state index in [2.05, 4.69) is 4.98 Å². The molecule has 5 heteroatoms. The minimum absolute atomic E-state index is 0.0000222. The molecule has 0 unspecified atom stereocenters. The van der Waals surface area contributed by atoms with Crippen LogP contribution in [0.3, 0.4) is 0 Å². The molecular formula is C14H15NO3S. The summed E-state index contributed by atoms with van der Waals surface area (Å²) in [6.45, 7) is 3.86. The van der Waals surface area contributed by atoms with Crippen molar-refractivity contribution in [2.24, 2.45) is 0 Å². The number of nitrogens with zero attached hydrogens (tertiary/aromatic N) is 1. The summed E-state index contributed by atoms with van der Waals surface area (Å²) in [7, 11) is 1.55. The highest BCUT2D eigenvalue weighted by atomic mass is 32.1. The Morgan fingerprint density at radius 1 is 1.37 bits per heavy atom. The summed E-state index contributed by atoms with van der Waals surface area (Å²) < 4.78 is 10.9. The summed E-state index contributed by atoms with van der Waals surface area (Å²) in [5, 5.41) is 2.98. The number of Topliss-reactive ketones (excluding diaryl/α,β-unsaturated/α-hetero) is 1. The van der Waals surface area contributed by atoms with E-state index in [1.54, 1.807) is 36.6 Å². The Bertz CT molecular complexity index is 592. The zero-order chi connectivity index (χ0) is 13.8. The number of carbonyl (C=O) groups excluding carboxylic acids is 1. The molecule has 0 aliphatic carbocycles. The summed E-state index contributed by atoms with van der Waals surface area (Å²) in [5.74, 6) is 1.16. The lowest BCUT2D eigenvalue weighted by Crippen LogP contribution is -2.00. The van der Waals surface area contributed by atoms with Crippen molar-refractivity contribution in [1.29, 1.82) is 0 Å². The van der Waals surface area contributed by atoms with E-state index in [1.165, 1.54) is 6.92 Å². The van der Waals surface area contributed by atoms with Crippen LogP contribution in [0.5, 0.6) is 11.5 Å². The molecule has 0 spiro atoms. The fraction of sp³-hybridized carbons (Fsp3) is 0.286. The maximum Gasteiger partial charge on any atom is 0.161 e. The minimum Gasteiger partial charge on any atom is -0.493 e. The SMILES string of the molecule is COc1cc(C(C)=O)ccc1OCc1csc(C)n1.